The van der Waals surface area contributed by atoms with Crippen LogP contribution in [-0.2, 0) is 6.42 Å². The molecule has 0 bridgehead atoms. The van der Waals surface area contributed by atoms with E-state index in [1.165, 1.54) is 5.56 Å². The molecule has 0 fully saturated rings. The molecule has 0 aliphatic carbocycles. The van der Waals surface area contributed by atoms with Crippen molar-refractivity contribution in [3.63, 3.8) is 0 Å². The topological polar surface area (TPSA) is 47.3 Å². The number of hydrazine groups is 1. The Morgan fingerprint density at radius 3 is 2.50 bits per heavy atom. The van der Waals surface area contributed by atoms with Crippen molar-refractivity contribution in [2.45, 2.75) is 6.42 Å². The minimum Gasteiger partial charge on any atom is -0.497 e. The van der Waals surface area contributed by atoms with Crippen molar-refractivity contribution in [1.29, 1.82) is 0 Å². The molecule has 0 aromatic heterocycles. The number of nitrogen functional groups attached to an aromatic ring is 1. The first kappa shape index (κ1) is 12.7. The van der Waals surface area contributed by atoms with Gasteiger partial charge in [-0.15, -0.1) is 0 Å². The van der Waals surface area contributed by atoms with Gasteiger partial charge in [0.05, 0.1) is 12.8 Å². The molecule has 0 heterocycles. The second-order valence-electron chi connectivity index (χ2n) is 3.97. The van der Waals surface area contributed by atoms with Crippen LogP contribution >= 0.6 is 11.6 Å². The first-order valence-corrected chi connectivity index (χ1v) is 5.98. The fourth-order valence-electron chi connectivity index (χ4n) is 1.81. The summed E-state index contributed by atoms with van der Waals surface area (Å²) in [6.45, 7) is 0. The highest BCUT2D eigenvalue weighted by molar-refractivity contribution is 6.30. The summed E-state index contributed by atoms with van der Waals surface area (Å²) in [6, 6.07) is 13.5. The molecular formula is C14H15ClN2O. The highest BCUT2D eigenvalue weighted by Gasteiger charge is 2.05. The van der Waals surface area contributed by atoms with E-state index in [0.29, 0.717) is 0 Å². The van der Waals surface area contributed by atoms with Gasteiger partial charge in [0.15, 0.2) is 0 Å². The molecule has 2 aromatic carbocycles. The molecule has 18 heavy (non-hydrogen) atoms. The zero-order valence-corrected chi connectivity index (χ0v) is 10.9. The number of hydrogen-bond donors (Lipinski definition) is 2. The molecule has 0 saturated heterocycles. The average molecular weight is 263 g/mol. The number of methoxy groups -OCH3 is 1. The number of hydrogen-bond acceptors (Lipinski definition) is 3. The van der Waals surface area contributed by atoms with E-state index >= 15 is 0 Å². The van der Waals surface area contributed by atoms with Crippen LogP contribution in [0.25, 0.3) is 0 Å². The summed E-state index contributed by atoms with van der Waals surface area (Å²) in [5, 5.41) is 0.738. The lowest BCUT2D eigenvalue weighted by Crippen LogP contribution is -2.09. The summed E-state index contributed by atoms with van der Waals surface area (Å²) in [4.78, 5) is 0. The van der Waals surface area contributed by atoms with Crippen molar-refractivity contribution in [2.75, 3.05) is 12.5 Å². The maximum atomic E-state index is 5.87. The van der Waals surface area contributed by atoms with Crippen molar-refractivity contribution in [1.82, 2.24) is 0 Å². The Kier molecular flexibility index (Phi) is 4.07. The first-order valence-electron chi connectivity index (χ1n) is 5.61. The number of benzene rings is 2. The summed E-state index contributed by atoms with van der Waals surface area (Å²) in [6.07, 6.45) is 0.772. The Hall–Kier alpha value is -1.71. The fraction of sp³-hybridized carbons (Fsp3) is 0.143. The minimum atomic E-state index is 0.738. The van der Waals surface area contributed by atoms with Gasteiger partial charge in [-0.1, -0.05) is 23.7 Å². The number of nitrogens with one attached hydrogen (secondary N) is 1. The largest absolute Gasteiger partial charge is 0.497 e. The lowest BCUT2D eigenvalue weighted by Gasteiger charge is -2.11. The van der Waals surface area contributed by atoms with Crippen LogP contribution in [0.15, 0.2) is 42.5 Å². The molecule has 0 aliphatic heterocycles. The molecule has 0 amide bonds. The van der Waals surface area contributed by atoms with Gasteiger partial charge in [0.1, 0.15) is 5.75 Å². The van der Waals surface area contributed by atoms with Crippen LogP contribution in [0.1, 0.15) is 11.1 Å². The van der Waals surface area contributed by atoms with Crippen molar-refractivity contribution >= 4 is 17.3 Å². The third-order valence-corrected chi connectivity index (χ3v) is 3.03. The zero-order valence-electron chi connectivity index (χ0n) is 10.1. The second-order valence-corrected chi connectivity index (χ2v) is 4.41. The van der Waals surface area contributed by atoms with E-state index in [-0.39, 0.29) is 0 Å². The quantitative estimate of drug-likeness (QED) is 0.657. The number of ether oxygens (including phenoxy) is 1. The molecule has 3 N–H and O–H groups in total. The van der Waals surface area contributed by atoms with E-state index in [1.807, 2.05) is 42.5 Å². The van der Waals surface area contributed by atoms with E-state index in [1.54, 1.807) is 7.11 Å². The normalized spacial score (nSPS) is 10.2. The van der Waals surface area contributed by atoms with E-state index in [0.717, 1.165) is 28.4 Å². The molecule has 2 aromatic rings. The van der Waals surface area contributed by atoms with Gasteiger partial charge in [-0.3, -0.25) is 5.84 Å². The maximum Gasteiger partial charge on any atom is 0.119 e. The third kappa shape index (κ3) is 2.94. The fourth-order valence-corrected chi connectivity index (χ4v) is 1.93. The number of rotatable bonds is 4. The molecular weight excluding hydrogens is 248 g/mol. The summed E-state index contributed by atoms with van der Waals surface area (Å²) in [7, 11) is 1.65. The lowest BCUT2D eigenvalue weighted by atomic mass is 10.0. The van der Waals surface area contributed by atoms with Crippen LogP contribution in [0.4, 0.5) is 5.69 Å². The van der Waals surface area contributed by atoms with E-state index in [4.69, 9.17) is 22.2 Å². The molecule has 0 radical (unpaired) electrons. The molecule has 0 saturated carbocycles. The van der Waals surface area contributed by atoms with Gasteiger partial charge < -0.3 is 10.2 Å². The second kappa shape index (κ2) is 5.76. The Balaban J connectivity index is 2.29. The Morgan fingerprint density at radius 2 is 1.89 bits per heavy atom. The van der Waals surface area contributed by atoms with E-state index in [9.17, 15) is 0 Å². The van der Waals surface area contributed by atoms with Gasteiger partial charge in [0.2, 0.25) is 0 Å². The molecule has 4 heteroatoms. The molecule has 2 rings (SSSR count). The molecule has 0 spiro atoms. The van der Waals surface area contributed by atoms with Gasteiger partial charge in [-0.25, -0.2) is 0 Å². The minimum absolute atomic E-state index is 0.738. The van der Waals surface area contributed by atoms with Crippen LogP contribution in [0.2, 0.25) is 5.02 Å². The third-order valence-electron chi connectivity index (χ3n) is 2.78. The number of anilines is 1. The highest BCUT2D eigenvalue weighted by atomic mass is 35.5. The summed E-state index contributed by atoms with van der Waals surface area (Å²) >= 11 is 5.87. The predicted molar refractivity (Wildman–Crippen MR) is 75.1 cm³/mol. The molecule has 0 atom stereocenters. The Bertz CT molecular complexity index is 526. The van der Waals surface area contributed by atoms with Crippen LogP contribution in [0, 0.1) is 0 Å². The van der Waals surface area contributed by atoms with Crippen molar-refractivity contribution < 1.29 is 4.74 Å². The van der Waals surface area contributed by atoms with E-state index < -0.39 is 0 Å². The first-order chi connectivity index (χ1) is 8.72. The van der Waals surface area contributed by atoms with Crippen molar-refractivity contribution in [2.24, 2.45) is 5.84 Å². The van der Waals surface area contributed by atoms with Crippen LogP contribution in [0.5, 0.6) is 5.75 Å². The molecule has 0 unspecified atom stereocenters. The Morgan fingerprint density at radius 1 is 1.17 bits per heavy atom. The molecule has 94 valence electrons. The van der Waals surface area contributed by atoms with Crippen LogP contribution in [-0.4, -0.2) is 7.11 Å². The number of halogens is 1. The number of nitrogens with two attached hydrogens (primary N) is 1. The zero-order chi connectivity index (χ0) is 13.0. The smallest absolute Gasteiger partial charge is 0.119 e. The molecule has 0 aliphatic rings. The van der Waals surface area contributed by atoms with Gasteiger partial charge in [0, 0.05) is 5.02 Å². The van der Waals surface area contributed by atoms with Gasteiger partial charge in [0.25, 0.3) is 0 Å². The van der Waals surface area contributed by atoms with E-state index in [2.05, 4.69) is 5.43 Å². The average Bonchev–Trinajstić information content (AvgIpc) is 2.41. The SMILES string of the molecule is COc1ccc(NN)c(Cc2ccc(Cl)cc2)c1. The van der Waals surface area contributed by atoms with Gasteiger partial charge in [-0.05, 0) is 47.9 Å². The van der Waals surface area contributed by atoms with Gasteiger partial charge in [-0.2, -0.15) is 0 Å². The monoisotopic (exact) mass is 262 g/mol. The van der Waals surface area contributed by atoms with Crippen LogP contribution < -0.4 is 16.0 Å². The molecule has 3 nitrogen and oxygen atoms in total. The highest BCUT2D eigenvalue weighted by Crippen LogP contribution is 2.24. The predicted octanol–water partition coefficient (Wildman–Crippen LogP) is 3.23. The standard InChI is InChI=1S/C14H15ClN2O/c1-18-13-6-7-14(17-16)11(9-13)8-10-2-4-12(15)5-3-10/h2-7,9,17H,8,16H2,1H3. The Labute approximate surface area is 111 Å². The lowest BCUT2D eigenvalue weighted by molar-refractivity contribution is 0.414. The van der Waals surface area contributed by atoms with Crippen molar-refractivity contribution in [3.8, 4) is 5.75 Å². The van der Waals surface area contributed by atoms with Gasteiger partial charge >= 0.3 is 0 Å². The maximum absolute atomic E-state index is 5.87. The summed E-state index contributed by atoms with van der Waals surface area (Å²) < 4.78 is 5.22. The van der Waals surface area contributed by atoms with Crippen molar-refractivity contribution in [3.05, 3.63) is 58.6 Å². The summed E-state index contributed by atoms with van der Waals surface area (Å²) in [5.41, 5.74) is 5.84. The summed E-state index contributed by atoms with van der Waals surface area (Å²) in [5.74, 6) is 6.33. The van der Waals surface area contributed by atoms with Crippen LogP contribution in [0.3, 0.4) is 0 Å².